The van der Waals surface area contributed by atoms with Crippen LogP contribution in [0.25, 0.3) is 0 Å². The highest BCUT2D eigenvalue weighted by Crippen LogP contribution is 2.25. The lowest BCUT2D eigenvalue weighted by molar-refractivity contribution is 0.471. The Morgan fingerprint density at radius 3 is 2.44 bits per heavy atom. The fraction of sp³-hybridized carbons (Fsp3) is 0.625. The van der Waals surface area contributed by atoms with Gasteiger partial charge in [-0.2, -0.15) is 0 Å². The van der Waals surface area contributed by atoms with Crippen LogP contribution >= 0.6 is 15.9 Å². The summed E-state index contributed by atoms with van der Waals surface area (Å²) in [6.07, 6.45) is 10.8. The first-order valence-electron chi connectivity index (χ1n) is 7.34. The van der Waals surface area contributed by atoms with E-state index in [-0.39, 0.29) is 0 Å². The highest BCUT2D eigenvalue weighted by atomic mass is 79.9. The van der Waals surface area contributed by atoms with Crippen LogP contribution in [0.1, 0.15) is 57.4 Å². The van der Waals surface area contributed by atoms with Crippen molar-refractivity contribution < 1.29 is 0 Å². The van der Waals surface area contributed by atoms with Gasteiger partial charge in [0.2, 0.25) is 0 Å². The normalized spacial score (nSPS) is 18.1. The van der Waals surface area contributed by atoms with Crippen molar-refractivity contribution in [3.8, 4) is 0 Å². The molecule has 0 bridgehead atoms. The van der Waals surface area contributed by atoms with Crippen molar-refractivity contribution in [3.05, 3.63) is 28.2 Å². The second-order valence-corrected chi connectivity index (χ2v) is 6.26. The second kappa shape index (κ2) is 7.18. The number of hydrogen-bond acceptors (Lipinski definition) is 1. The summed E-state index contributed by atoms with van der Waals surface area (Å²) < 4.78 is 1.18. The lowest BCUT2D eigenvalue weighted by Gasteiger charge is -2.23. The lowest BCUT2D eigenvalue weighted by Crippen LogP contribution is -2.21. The SMILES string of the molecule is CCc1cc(Br)ccc1NC1CCCCCCC1. The zero-order valence-electron chi connectivity index (χ0n) is 11.3. The van der Waals surface area contributed by atoms with E-state index in [1.165, 1.54) is 60.7 Å². The highest BCUT2D eigenvalue weighted by molar-refractivity contribution is 9.10. The summed E-state index contributed by atoms with van der Waals surface area (Å²) in [6.45, 7) is 2.23. The van der Waals surface area contributed by atoms with Gasteiger partial charge in [0.1, 0.15) is 0 Å². The van der Waals surface area contributed by atoms with Crippen LogP contribution in [0.3, 0.4) is 0 Å². The summed E-state index contributed by atoms with van der Waals surface area (Å²) in [4.78, 5) is 0. The van der Waals surface area contributed by atoms with Crippen LogP contribution in [0.15, 0.2) is 22.7 Å². The van der Waals surface area contributed by atoms with E-state index in [1.807, 2.05) is 0 Å². The molecule has 0 radical (unpaired) electrons. The van der Waals surface area contributed by atoms with Crippen LogP contribution in [0.4, 0.5) is 5.69 Å². The van der Waals surface area contributed by atoms with Crippen LogP contribution in [0.2, 0.25) is 0 Å². The predicted molar refractivity (Wildman–Crippen MR) is 83.2 cm³/mol. The molecule has 0 saturated heterocycles. The minimum absolute atomic E-state index is 0.678. The molecule has 2 heteroatoms. The summed E-state index contributed by atoms with van der Waals surface area (Å²) in [6, 6.07) is 7.29. The van der Waals surface area contributed by atoms with Gasteiger partial charge in [0, 0.05) is 16.2 Å². The molecule has 1 aromatic carbocycles. The predicted octanol–water partition coefficient (Wildman–Crippen LogP) is 5.54. The number of hydrogen-bond donors (Lipinski definition) is 1. The van der Waals surface area contributed by atoms with Gasteiger partial charge >= 0.3 is 0 Å². The Labute approximate surface area is 119 Å². The number of benzene rings is 1. The number of aryl methyl sites for hydroxylation is 1. The van der Waals surface area contributed by atoms with Crippen LogP contribution < -0.4 is 5.32 Å². The second-order valence-electron chi connectivity index (χ2n) is 5.34. The maximum atomic E-state index is 3.77. The maximum absolute atomic E-state index is 3.77. The summed E-state index contributed by atoms with van der Waals surface area (Å²) in [5.41, 5.74) is 2.76. The van der Waals surface area contributed by atoms with Crippen molar-refractivity contribution in [1.29, 1.82) is 0 Å². The third kappa shape index (κ3) is 4.01. The van der Waals surface area contributed by atoms with Crippen LogP contribution in [0.5, 0.6) is 0 Å². The van der Waals surface area contributed by atoms with Gasteiger partial charge in [-0.3, -0.25) is 0 Å². The molecule has 0 heterocycles. The molecule has 0 amide bonds. The van der Waals surface area contributed by atoms with Gasteiger partial charge in [-0.05, 0) is 43.0 Å². The standard InChI is InChI=1S/C16H24BrN/c1-2-13-12-14(17)10-11-16(13)18-15-8-6-4-3-5-7-9-15/h10-12,15,18H,2-9H2,1H3. The quantitative estimate of drug-likeness (QED) is 0.773. The fourth-order valence-corrected chi connectivity index (χ4v) is 3.22. The van der Waals surface area contributed by atoms with Gasteiger partial charge in [-0.15, -0.1) is 0 Å². The molecule has 1 N–H and O–H groups in total. The molecule has 100 valence electrons. The van der Waals surface area contributed by atoms with Gasteiger partial charge in [0.25, 0.3) is 0 Å². The summed E-state index contributed by atoms with van der Waals surface area (Å²) in [5.74, 6) is 0. The Kier molecular flexibility index (Phi) is 5.55. The third-order valence-electron chi connectivity index (χ3n) is 3.91. The van der Waals surface area contributed by atoms with Crippen molar-refractivity contribution in [2.45, 2.75) is 64.3 Å². The molecule has 1 aliphatic carbocycles. The Balaban J connectivity index is 2.02. The zero-order chi connectivity index (χ0) is 12.8. The summed E-state index contributed by atoms with van der Waals surface area (Å²) in [7, 11) is 0. The van der Waals surface area contributed by atoms with E-state index < -0.39 is 0 Å². The van der Waals surface area contributed by atoms with E-state index in [0.717, 1.165) is 6.42 Å². The molecule has 1 aliphatic rings. The van der Waals surface area contributed by atoms with E-state index in [1.54, 1.807) is 0 Å². The van der Waals surface area contributed by atoms with Crippen molar-refractivity contribution in [1.82, 2.24) is 0 Å². The smallest absolute Gasteiger partial charge is 0.0375 e. The van der Waals surface area contributed by atoms with Crippen molar-refractivity contribution >= 4 is 21.6 Å². The van der Waals surface area contributed by atoms with Gasteiger partial charge in [0.15, 0.2) is 0 Å². The molecule has 0 aliphatic heterocycles. The fourth-order valence-electron chi connectivity index (χ4n) is 2.82. The minimum Gasteiger partial charge on any atom is -0.382 e. The highest BCUT2D eigenvalue weighted by Gasteiger charge is 2.12. The topological polar surface area (TPSA) is 12.0 Å². The number of halogens is 1. The first-order valence-corrected chi connectivity index (χ1v) is 8.14. The Morgan fingerprint density at radius 2 is 1.78 bits per heavy atom. The molecular weight excluding hydrogens is 286 g/mol. The molecule has 1 saturated carbocycles. The summed E-state index contributed by atoms with van der Waals surface area (Å²) in [5, 5.41) is 3.77. The third-order valence-corrected chi connectivity index (χ3v) is 4.41. The molecule has 0 aromatic heterocycles. The molecule has 0 spiro atoms. The first-order chi connectivity index (χ1) is 8.79. The number of anilines is 1. The van der Waals surface area contributed by atoms with E-state index in [9.17, 15) is 0 Å². The van der Waals surface area contributed by atoms with Crippen LogP contribution in [-0.4, -0.2) is 6.04 Å². The molecule has 1 fully saturated rings. The molecule has 2 rings (SSSR count). The Bertz CT molecular complexity index is 367. The van der Waals surface area contributed by atoms with Crippen LogP contribution in [0, 0.1) is 0 Å². The molecule has 18 heavy (non-hydrogen) atoms. The lowest BCUT2D eigenvalue weighted by atomic mass is 9.96. The van der Waals surface area contributed by atoms with E-state index in [4.69, 9.17) is 0 Å². The largest absolute Gasteiger partial charge is 0.382 e. The Morgan fingerprint density at radius 1 is 1.11 bits per heavy atom. The van der Waals surface area contributed by atoms with Crippen molar-refractivity contribution in [2.24, 2.45) is 0 Å². The molecule has 1 aromatic rings. The van der Waals surface area contributed by atoms with E-state index >= 15 is 0 Å². The molecular formula is C16H24BrN. The number of rotatable bonds is 3. The van der Waals surface area contributed by atoms with Gasteiger partial charge in [0.05, 0.1) is 0 Å². The van der Waals surface area contributed by atoms with Crippen LogP contribution in [-0.2, 0) is 6.42 Å². The molecule has 0 unspecified atom stereocenters. The Hall–Kier alpha value is -0.500. The average molecular weight is 310 g/mol. The zero-order valence-corrected chi connectivity index (χ0v) is 12.9. The van der Waals surface area contributed by atoms with Gasteiger partial charge in [-0.1, -0.05) is 55.0 Å². The van der Waals surface area contributed by atoms with Gasteiger partial charge in [-0.25, -0.2) is 0 Å². The minimum atomic E-state index is 0.678. The van der Waals surface area contributed by atoms with Crippen molar-refractivity contribution in [2.75, 3.05) is 5.32 Å². The first kappa shape index (κ1) is 13.9. The maximum Gasteiger partial charge on any atom is 0.0375 e. The van der Waals surface area contributed by atoms with Gasteiger partial charge < -0.3 is 5.32 Å². The molecule has 0 atom stereocenters. The van der Waals surface area contributed by atoms with E-state index in [0.29, 0.717) is 6.04 Å². The van der Waals surface area contributed by atoms with E-state index in [2.05, 4.69) is 46.4 Å². The average Bonchev–Trinajstić information content (AvgIpc) is 2.34. The van der Waals surface area contributed by atoms with Crippen molar-refractivity contribution in [3.63, 3.8) is 0 Å². The number of nitrogens with one attached hydrogen (secondary N) is 1. The molecule has 1 nitrogen and oxygen atoms in total. The summed E-state index contributed by atoms with van der Waals surface area (Å²) >= 11 is 3.56. The monoisotopic (exact) mass is 309 g/mol.